The van der Waals surface area contributed by atoms with E-state index in [0.717, 1.165) is 32.1 Å². The molecule has 2 rings (SSSR count). The van der Waals surface area contributed by atoms with E-state index >= 15 is 0 Å². The lowest BCUT2D eigenvalue weighted by Gasteiger charge is -2.49. The van der Waals surface area contributed by atoms with Gasteiger partial charge in [-0.3, -0.25) is 0 Å². The van der Waals surface area contributed by atoms with Gasteiger partial charge in [0.2, 0.25) is 0 Å². The molecule has 2 atom stereocenters. The van der Waals surface area contributed by atoms with Crippen LogP contribution in [0, 0.1) is 33.5 Å². The van der Waals surface area contributed by atoms with Crippen molar-refractivity contribution in [1.82, 2.24) is 0 Å². The summed E-state index contributed by atoms with van der Waals surface area (Å²) in [6, 6.07) is 2.41. The molecular weight excluding hydrogens is 274 g/mol. The Morgan fingerprint density at radius 3 is 2.32 bits per heavy atom. The smallest absolute Gasteiger partial charge is 0.173 e. The van der Waals surface area contributed by atoms with Crippen LogP contribution in [-0.4, -0.2) is 20.0 Å². The number of hydrogen-bond acceptors (Lipinski definition) is 3. The van der Waals surface area contributed by atoms with Gasteiger partial charge in [0.1, 0.15) is 0 Å². The quantitative estimate of drug-likeness (QED) is 0.495. The second-order valence-electron chi connectivity index (χ2n) is 8.61. The first-order valence-corrected chi connectivity index (χ1v) is 8.72. The summed E-state index contributed by atoms with van der Waals surface area (Å²) < 4.78 is 11.9. The maximum Gasteiger partial charge on any atom is 0.173 e. The molecule has 0 aliphatic heterocycles. The third kappa shape index (κ3) is 2.39. The van der Waals surface area contributed by atoms with Crippen LogP contribution < -0.4 is 0 Å². The number of nitriles is 1. The van der Waals surface area contributed by atoms with E-state index in [1.807, 2.05) is 13.8 Å². The molecule has 0 N–H and O–H groups in total. The van der Waals surface area contributed by atoms with Gasteiger partial charge in [-0.05, 0) is 50.9 Å². The zero-order valence-electron chi connectivity index (χ0n) is 15.3. The second kappa shape index (κ2) is 5.80. The summed E-state index contributed by atoms with van der Waals surface area (Å²) in [6.07, 6.45) is 7.88. The van der Waals surface area contributed by atoms with Crippen LogP contribution in [0.3, 0.4) is 0 Å². The van der Waals surface area contributed by atoms with Crippen molar-refractivity contribution in [3.8, 4) is 6.07 Å². The highest BCUT2D eigenvalue weighted by atomic mass is 16.7. The summed E-state index contributed by atoms with van der Waals surface area (Å²) in [5, 5.41) is 9.16. The van der Waals surface area contributed by atoms with Gasteiger partial charge < -0.3 is 9.47 Å². The molecule has 0 spiro atoms. The molecule has 126 valence electrons. The van der Waals surface area contributed by atoms with Gasteiger partial charge in [-0.1, -0.05) is 26.7 Å². The van der Waals surface area contributed by atoms with Crippen LogP contribution in [0.15, 0.2) is 0 Å². The van der Waals surface area contributed by atoms with Crippen molar-refractivity contribution in [3.63, 3.8) is 0 Å². The van der Waals surface area contributed by atoms with Crippen molar-refractivity contribution in [3.05, 3.63) is 0 Å². The van der Waals surface area contributed by atoms with Crippen LogP contribution in [-0.2, 0) is 9.47 Å². The van der Waals surface area contributed by atoms with Gasteiger partial charge in [-0.25, -0.2) is 0 Å². The molecule has 0 radical (unpaired) electrons. The molecule has 2 unspecified atom stereocenters. The van der Waals surface area contributed by atoms with Crippen LogP contribution in [0.1, 0.15) is 72.6 Å². The molecule has 3 nitrogen and oxygen atoms in total. The molecule has 0 aromatic carbocycles. The van der Waals surface area contributed by atoms with E-state index in [2.05, 4.69) is 19.9 Å². The van der Waals surface area contributed by atoms with Gasteiger partial charge in [0.15, 0.2) is 5.79 Å². The highest BCUT2D eigenvalue weighted by Crippen LogP contribution is 2.72. The fraction of sp³-hybridized carbons (Fsp3) is 0.947. The minimum absolute atomic E-state index is 0.116. The van der Waals surface area contributed by atoms with E-state index in [-0.39, 0.29) is 16.2 Å². The molecule has 22 heavy (non-hydrogen) atoms. The Morgan fingerprint density at radius 2 is 1.82 bits per heavy atom. The Bertz CT molecular complexity index is 445. The molecule has 0 aromatic heterocycles. The van der Waals surface area contributed by atoms with Crippen LogP contribution >= 0.6 is 0 Å². The van der Waals surface area contributed by atoms with Crippen LogP contribution in [0.5, 0.6) is 0 Å². The summed E-state index contributed by atoms with van der Waals surface area (Å²) in [5.41, 5.74) is 0.176. The normalized spacial score (nSPS) is 32.1. The number of hydrogen-bond donors (Lipinski definition) is 0. The van der Waals surface area contributed by atoms with Gasteiger partial charge in [0.05, 0.1) is 11.5 Å². The summed E-state index contributed by atoms with van der Waals surface area (Å²) in [7, 11) is 3.61. The molecule has 2 aliphatic carbocycles. The van der Waals surface area contributed by atoms with Crippen LogP contribution in [0.25, 0.3) is 0 Å². The number of unbranched alkanes of at least 4 members (excludes halogenated alkanes) is 1. The number of ether oxygens (including phenoxy) is 2. The molecule has 0 saturated heterocycles. The monoisotopic (exact) mass is 307 g/mol. The average Bonchev–Trinajstić information content (AvgIpc) is 2.85. The summed E-state index contributed by atoms with van der Waals surface area (Å²) >= 11 is 0. The highest BCUT2D eigenvalue weighted by molar-refractivity contribution is 5.17. The van der Waals surface area contributed by atoms with Crippen LogP contribution in [0.4, 0.5) is 0 Å². The Hall–Kier alpha value is -0.590. The summed E-state index contributed by atoms with van der Waals surface area (Å²) in [4.78, 5) is 0. The van der Waals surface area contributed by atoms with Gasteiger partial charge in [-0.15, -0.1) is 0 Å². The van der Waals surface area contributed by atoms with Crippen LogP contribution in [0.2, 0.25) is 0 Å². The molecule has 0 amide bonds. The maximum absolute atomic E-state index is 9.16. The highest BCUT2D eigenvalue weighted by Gasteiger charge is 2.71. The number of nitrogens with zero attached hydrogens (tertiary/aromatic N) is 1. The topological polar surface area (TPSA) is 42.2 Å². The van der Waals surface area contributed by atoms with E-state index < -0.39 is 5.79 Å². The zero-order valence-corrected chi connectivity index (χ0v) is 15.3. The second-order valence-corrected chi connectivity index (χ2v) is 8.61. The van der Waals surface area contributed by atoms with Gasteiger partial charge in [-0.2, -0.15) is 5.26 Å². The van der Waals surface area contributed by atoms with Gasteiger partial charge >= 0.3 is 0 Å². The molecule has 2 fully saturated rings. The molecule has 3 heteroatoms. The lowest BCUT2D eigenvalue weighted by Crippen LogP contribution is -2.52. The van der Waals surface area contributed by atoms with Gasteiger partial charge in [0, 0.05) is 26.1 Å². The Kier molecular flexibility index (Phi) is 4.68. The number of fused-ring (bicyclic) bond motifs is 2. The molecular formula is C19H33NO2. The third-order valence-electron chi connectivity index (χ3n) is 7.04. The molecule has 0 heterocycles. The van der Waals surface area contributed by atoms with Crippen molar-refractivity contribution in [2.45, 2.75) is 78.4 Å². The van der Waals surface area contributed by atoms with E-state index in [1.165, 1.54) is 12.8 Å². The molecule has 2 bridgehead atoms. The minimum atomic E-state index is -0.413. The first-order chi connectivity index (χ1) is 10.2. The van der Waals surface area contributed by atoms with E-state index in [0.29, 0.717) is 5.92 Å². The summed E-state index contributed by atoms with van der Waals surface area (Å²) in [5.74, 6) is 0.285. The third-order valence-corrected chi connectivity index (χ3v) is 7.04. The number of methoxy groups -OCH3 is 2. The lowest BCUT2D eigenvalue weighted by molar-refractivity contribution is -0.282. The predicted molar refractivity (Wildman–Crippen MR) is 88.2 cm³/mol. The Labute approximate surface area is 136 Å². The van der Waals surface area contributed by atoms with E-state index in [1.54, 1.807) is 14.2 Å². The zero-order chi connectivity index (χ0) is 16.6. The van der Waals surface area contributed by atoms with Crippen molar-refractivity contribution in [2.24, 2.45) is 22.2 Å². The summed E-state index contributed by atoms with van der Waals surface area (Å²) in [6.45, 7) is 8.88. The van der Waals surface area contributed by atoms with Gasteiger partial charge in [0.25, 0.3) is 0 Å². The lowest BCUT2D eigenvalue weighted by atomic mass is 9.64. The van der Waals surface area contributed by atoms with E-state index in [4.69, 9.17) is 14.7 Å². The Morgan fingerprint density at radius 1 is 1.18 bits per heavy atom. The van der Waals surface area contributed by atoms with Crippen molar-refractivity contribution in [1.29, 1.82) is 5.26 Å². The fourth-order valence-electron chi connectivity index (χ4n) is 5.38. The van der Waals surface area contributed by atoms with E-state index in [9.17, 15) is 0 Å². The minimum Gasteiger partial charge on any atom is -0.353 e. The van der Waals surface area contributed by atoms with Crippen molar-refractivity contribution >= 4 is 0 Å². The SMILES string of the molecule is COC1(OC)CC2CCC1(CCCCC(C)(C)C#N)C2(C)C. The standard InChI is InChI=1S/C19H33NO2/c1-16(2,14-20)10-7-8-11-18-12-9-15(17(18,3)4)13-19(18,21-5)22-6/h15H,7-13H2,1-6H3. The first kappa shape index (κ1) is 17.8. The molecule has 2 aliphatic rings. The predicted octanol–water partition coefficient (Wildman–Crippen LogP) is 4.91. The largest absolute Gasteiger partial charge is 0.353 e. The molecule has 0 aromatic rings. The van der Waals surface area contributed by atoms with Crippen molar-refractivity contribution < 1.29 is 9.47 Å². The first-order valence-electron chi connectivity index (χ1n) is 8.72. The maximum atomic E-state index is 9.16. The average molecular weight is 307 g/mol. The Balaban J connectivity index is 2.10. The van der Waals surface area contributed by atoms with Crippen molar-refractivity contribution in [2.75, 3.05) is 14.2 Å². The molecule has 2 saturated carbocycles. The fourth-order valence-corrected chi connectivity index (χ4v) is 5.38. The number of rotatable bonds is 7.